The zero-order chi connectivity index (χ0) is 29.9. The molecular formula is C30H14N12. The summed E-state index contributed by atoms with van der Waals surface area (Å²) in [6.45, 7) is 0. The van der Waals surface area contributed by atoms with Gasteiger partial charge in [0.2, 0.25) is 0 Å². The molecule has 0 radical (unpaired) electrons. The molecule has 1 aromatic carbocycles. The van der Waals surface area contributed by atoms with Crippen molar-refractivity contribution >= 4 is 75.8 Å². The first kappa shape index (κ1) is 27.8. The summed E-state index contributed by atoms with van der Waals surface area (Å²) in [5.41, 5.74) is 3.21. The van der Waals surface area contributed by atoms with E-state index in [0.717, 1.165) is 6.21 Å². The number of hydrogen-bond acceptors (Lipinski definition) is 12. The van der Waals surface area contributed by atoms with E-state index in [2.05, 4.69) is 0 Å². The Morgan fingerprint density at radius 2 is 0.595 bits per heavy atom. The van der Waals surface area contributed by atoms with Gasteiger partial charge in [0, 0.05) is 36.6 Å². The van der Waals surface area contributed by atoms with E-state index in [-0.39, 0.29) is 55.9 Å². The highest BCUT2D eigenvalue weighted by Crippen LogP contribution is 2.32. The van der Waals surface area contributed by atoms with E-state index in [9.17, 15) is 0 Å². The van der Waals surface area contributed by atoms with Crippen molar-refractivity contribution in [3.05, 3.63) is 70.6 Å². The van der Waals surface area contributed by atoms with Crippen molar-refractivity contribution in [3.8, 4) is 30.3 Å². The molecule has 0 unspecified atom stereocenters. The van der Waals surface area contributed by atoms with Crippen LogP contribution in [0.15, 0.2) is 36.5 Å². The molecule has 3 aromatic heterocycles. The maximum atomic E-state index is 9.13. The van der Waals surface area contributed by atoms with E-state index in [1.54, 1.807) is 6.08 Å². The Kier molecular flexibility index (Phi) is 8.64. The molecule has 1 N–H and O–H groups in total. The van der Waals surface area contributed by atoms with Crippen molar-refractivity contribution in [1.29, 1.82) is 31.7 Å². The molecule has 3 heterocycles. The number of hydrogen-bond donors (Lipinski definition) is 1. The highest BCUT2D eigenvalue weighted by atomic mass is 14.9. The van der Waals surface area contributed by atoms with Crippen LogP contribution in [-0.2, 0) is 0 Å². The van der Waals surface area contributed by atoms with Crippen molar-refractivity contribution in [2.75, 3.05) is 0 Å². The molecule has 42 heavy (non-hydrogen) atoms. The molecule has 12 heteroatoms. The maximum absolute atomic E-state index is 9.13. The third kappa shape index (κ3) is 5.62. The molecule has 194 valence electrons. The SMILES string of the molecule is N#C/C=C/c1nc2c3nc(/C=C/C#N)c(/C=C/C#N)nc3c3nc(/C=C/C=N)c(/C=C/C#N)nc3c2nc1/C=C/C#N. The van der Waals surface area contributed by atoms with Gasteiger partial charge in [-0.3, -0.25) is 0 Å². The largest absolute Gasteiger partial charge is 0.309 e. The number of rotatable bonds is 7. The van der Waals surface area contributed by atoms with Gasteiger partial charge in [0.25, 0.3) is 0 Å². The van der Waals surface area contributed by atoms with Crippen LogP contribution < -0.4 is 0 Å². The standard InChI is InChI=1S/C30H14N12/c31-13-1-7-19-20(8-2-14-32)38-26-25(37-19)27-29(41-22(10-4-16-34)21(39-27)9-3-15-33)30-28(26)40-23(11-5-17-35)24(42-30)12-6-18-36/h1-13,31H/b7-1+,8-2+,9-3+,10-4+,11-5+,12-6+,31-13?. The molecule has 0 aliphatic heterocycles. The molecule has 0 spiro atoms. The minimum absolute atomic E-state index is 0.242. The lowest BCUT2D eigenvalue weighted by Gasteiger charge is -2.12. The summed E-state index contributed by atoms with van der Waals surface area (Å²) >= 11 is 0. The third-order valence-corrected chi connectivity index (χ3v) is 5.46. The minimum Gasteiger partial charge on any atom is -0.309 e. The number of nitriles is 5. The first-order chi connectivity index (χ1) is 20.6. The number of benzene rings is 1. The highest BCUT2D eigenvalue weighted by molar-refractivity contribution is 6.18. The van der Waals surface area contributed by atoms with E-state index >= 15 is 0 Å². The van der Waals surface area contributed by atoms with Crippen molar-refractivity contribution in [1.82, 2.24) is 29.9 Å². The maximum Gasteiger partial charge on any atom is 0.120 e. The fourth-order valence-electron chi connectivity index (χ4n) is 3.83. The second-order valence-electron chi connectivity index (χ2n) is 7.91. The molecule has 0 saturated carbocycles. The van der Waals surface area contributed by atoms with Crippen molar-refractivity contribution in [3.63, 3.8) is 0 Å². The summed E-state index contributed by atoms with van der Waals surface area (Å²) in [6, 6.07) is 9.55. The van der Waals surface area contributed by atoms with Gasteiger partial charge in [-0.05, 0) is 42.5 Å². The molecule has 4 aromatic rings. The highest BCUT2D eigenvalue weighted by Gasteiger charge is 2.21. The second kappa shape index (κ2) is 13.0. The van der Waals surface area contributed by atoms with Crippen LogP contribution in [0.25, 0.3) is 69.6 Å². The second-order valence-corrected chi connectivity index (χ2v) is 7.91. The lowest BCUT2D eigenvalue weighted by atomic mass is 10.1. The lowest BCUT2D eigenvalue weighted by Crippen LogP contribution is -2.04. The summed E-state index contributed by atoms with van der Waals surface area (Å²) in [7, 11) is 0. The Labute approximate surface area is 238 Å². The van der Waals surface area contributed by atoms with Crippen molar-refractivity contribution in [2.24, 2.45) is 0 Å². The average molecular weight is 543 g/mol. The Morgan fingerprint density at radius 3 is 0.786 bits per heavy atom. The third-order valence-electron chi connectivity index (χ3n) is 5.46. The molecule has 0 aliphatic carbocycles. The Balaban J connectivity index is 2.33. The number of aromatic nitrogens is 6. The van der Waals surface area contributed by atoms with E-state index in [0.29, 0.717) is 11.4 Å². The van der Waals surface area contributed by atoms with E-state index in [1.807, 2.05) is 30.3 Å². The number of fused-ring (bicyclic) bond motifs is 6. The molecule has 0 amide bonds. The first-order valence-electron chi connectivity index (χ1n) is 11.8. The Morgan fingerprint density at radius 1 is 0.381 bits per heavy atom. The number of allylic oxidation sites excluding steroid dienone is 6. The fourth-order valence-corrected chi connectivity index (χ4v) is 3.83. The average Bonchev–Trinajstić information content (AvgIpc) is 3.01. The lowest BCUT2D eigenvalue weighted by molar-refractivity contribution is 1.19. The smallest absolute Gasteiger partial charge is 0.120 e. The molecule has 0 fully saturated rings. The van der Waals surface area contributed by atoms with Crippen molar-refractivity contribution < 1.29 is 0 Å². The molecule has 0 aliphatic rings. The van der Waals surface area contributed by atoms with Crippen LogP contribution in [0, 0.1) is 62.1 Å². The first-order valence-corrected chi connectivity index (χ1v) is 11.8. The van der Waals surface area contributed by atoms with E-state index < -0.39 is 0 Å². The fraction of sp³-hybridized carbons (Fsp3) is 0. The van der Waals surface area contributed by atoms with Gasteiger partial charge in [0.15, 0.2) is 0 Å². The van der Waals surface area contributed by atoms with Gasteiger partial charge in [-0.25, -0.2) is 29.9 Å². The Hall–Kier alpha value is -7.20. The molecule has 0 atom stereocenters. The van der Waals surface area contributed by atoms with Gasteiger partial charge >= 0.3 is 0 Å². The summed E-state index contributed by atoms with van der Waals surface area (Å²) < 4.78 is 0. The molecule has 0 bridgehead atoms. The van der Waals surface area contributed by atoms with Gasteiger partial charge < -0.3 is 5.41 Å². The van der Waals surface area contributed by atoms with Crippen LogP contribution in [0.3, 0.4) is 0 Å². The predicted octanol–water partition coefficient (Wildman–Crippen LogP) is 4.86. The summed E-state index contributed by atoms with van der Waals surface area (Å²) in [4.78, 5) is 28.4. The molecule has 4 rings (SSSR count). The van der Waals surface area contributed by atoms with Crippen LogP contribution in [0.2, 0.25) is 0 Å². The van der Waals surface area contributed by atoms with Gasteiger partial charge in [0.1, 0.15) is 33.1 Å². The molecule has 12 nitrogen and oxygen atoms in total. The summed E-state index contributed by atoms with van der Waals surface area (Å²) in [6.07, 6.45) is 17.4. The number of nitrogens with one attached hydrogen (secondary N) is 1. The summed E-state index contributed by atoms with van der Waals surface area (Å²) in [5.74, 6) is 0. The van der Waals surface area contributed by atoms with E-state index in [1.165, 1.54) is 66.8 Å². The normalized spacial score (nSPS) is 11.7. The van der Waals surface area contributed by atoms with E-state index in [4.69, 9.17) is 61.6 Å². The van der Waals surface area contributed by atoms with Crippen LogP contribution in [0.1, 0.15) is 34.2 Å². The van der Waals surface area contributed by atoms with Crippen molar-refractivity contribution in [2.45, 2.75) is 0 Å². The van der Waals surface area contributed by atoms with Crippen LogP contribution >= 0.6 is 0 Å². The topological polar surface area (TPSA) is 220 Å². The monoisotopic (exact) mass is 542 g/mol. The Bertz CT molecular complexity index is 2100. The van der Waals surface area contributed by atoms with Crippen LogP contribution in [0.4, 0.5) is 0 Å². The van der Waals surface area contributed by atoms with Gasteiger partial charge in [-0.1, -0.05) is 0 Å². The van der Waals surface area contributed by atoms with Gasteiger partial charge in [0.05, 0.1) is 64.5 Å². The quantitative estimate of drug-likeness (QED) is 0.188. The summed E-state index contributed by atoms with van der Waals surface area (Å²) in [5, 5.41) is 53.0. The molecular weight excluding hydrogens is 528 g/mol. The van der Waals surface area contributed by atoms with Crippen LogP contribution in [0.5, 0.6) is 0 Å². The van der Waals surface area contributed by atoms with Crippen LogP contribution in [-0.4, -0.2) is 36.1 Å². The molecule has 0 saturated heterocycles. The number of nitrogens with zero attached hydrogens (tertiary/aromatic N) is 11. The van der Waals surface area contributed by atoms with Gasteiger partial charge in [-0.15, -0.1) is 0 Å². The van der Waals surface area contributed by atoms with Gasteiger partial charge in [-0.2, -0.15) is 26.3 Å². The predicted molar refractivity (Wildman–Crippen MR) is 157 cm³/mol. The zero-order valence-corrected chi connectivity index (χ0v) is 21.4. The minimum atomic E-state index is 0.242. The zero-order valence-electron chi connectivity index (χ0n) is 21.4.